The fourth-order valence-electron chi connectivity index (χ4n) is 2.22. The molecule has 0 heterocycles. The third kappa shape index (κ3) is 8.13. The monoisotopic (exact) mass is 464 g/mol. The van der Waals surface area contributed by atoms with E-state index >= 15 is 0 Å². The van der Waals surface area contributed by atoms with Gasteiger partial charge in [-0.15, -0.1) is 24.0 Å². The van der Waals surface area contributed by atoms with E-state index in [1.54, 1.807) is 14.2 Å². The van der Waals surface area contributed by atoms with Gasteiger partial charge in [-0.3, -0.25) is 4.99 Å². The minimum atomic E-state index is 0. The molecule has 0 spiro atoms. The number of aliphatic imine (C=N–C) groups is 1. The molecule has 0 bridgehead atoms. The fraction of sp³-hybridized carbons (Fsp3) is 0.611. The fourth-order valence-corrected chi connectivity index (χ4v) is 2.22. The van der Waals surface area contributed by atoms with Crippen molar-refractivity contribution < 1.29 is 9.47 Å². The van der Waals surface area contributed by atoms with Crippen LogP contribution in [0.4, 0.5) is 5.69 Å². The highest BCUT2D eigenvalue weighted by Gasteiger charge is 2.08. The van der Waals surface area contributed by atoms with Crippen molar-refractivity contribution in [2.45, 2.75) is 33.2 Å². The molecule has 1 aromatic rings. The maximum Gasteiger partial charge on any atom is 0.195 e. The average molecular weight is 464 g/mol. The summed E-state index contributed by atoms with van der Waals surface area (Å²) in [6.07, 6.45) is 1.15. The molecule has 2 N–H and O–H groups in total. The van der Waals surface area contributed by atoms with Crippen molar-refractivity contribution in [1.29, 1.82) is 0 Å². The number of hydrogen-bond donors (Lipinski definition) is 2. The van der Waals surface area contributed by atoms with Crippen molar-refractivity contribution in [2.75, 3.05) is 46.2 Å². The van der Waals surface area contributed by atoms with E-state index < -0.39 is 0 Å². The Morgan fingerprint density at radius 1 is 1.28 bits per heavy atom. The van der Waals surface area contributed by atoms with Crippen LogP contribution < -0.4 is 20.1 Å². The summed E-state index contributed by atoms with van der Waals surface area (Å²) in [5.41, 5.74) is 0.902. The molecule has 0 saturated heterocycles. The van der Waals surface area contributed by atoms with Crippen LogP contribution in [0.3, 0.4) is 0 Å². The maximum absolute atomic E-state index is 5.53. The van der Waals surface area contributed by atoms with Crippen LogP contribution in [0, 0.1) is 0 Å². The summed E-state index contributed by atoms with van der Waals surface area (Å²) in [5, 5.41) is 6.60. The van der Waals surface area contributed by atoms with E-state index in [2.05, 4.69) is 41.4 Å². The lowest BCUT2D eigenvalue weighted by molar-refractivity contribution is 0.256. The summed E-state index contributed by atoms with van der Waals surface area (Å²) in [4.78, 5) is 6.60. The quantitative estimate of drug-likeness (QED) is 0.333. The van der Waals surface area contributed by atoms with Gasteiger partial charge in [-0.2, -0.15) is 0 Å². The van der Waals surface area contributed by atoms with Crippen LogP contribution in [-0.2, 0) is 0 Å². The van der Waals surface area contributed by atoms with Gasteiger partial charge in [0.15, 0.2) is 17.5 Å². The number of guanidine groups is 1. The minimum absolute atomic E-state index is 0. The van der Waals surface area contributed by atoms with Crippen LogP contribution in [0.15, 0.2) is 23.2 Å². The summed E-state index contributed by atoms with van der Waals surface area (Å²) in [6.45, 7) is 8.79. The summed E-state index contributed by atoms with van der Waals surface area (Å²) in [5.74, 6) is 2.18. The molecule has 1 aromatic carbocycles. The Hall–Kier alpha value is -1.22. The average Bonchev–Trinajstić information content (AvgIpc) is 2.61. The first-order valence-corrected chi connectivity index (χ1v) is 8.54. The van der Waals surface area contributed by atoms with Crippen molar-refractivity contribution in [3.8, 4) is 11.5 Å². The predicted molar refractivity (Wildman–Crippen MR) is 117 cm³/mol. The van der Waals surface area contributed by atoms with Crippen molar-refractivity contribution in [3.05, 3.63) is 18.2 Å². The van der Waals surface area contributed by atoms with Gasteiger partial charge in [0, 0.05) is 37.9 Å². The molecule has 6 nitrogen and oxygen atoms in total. The van der Waals surface area contributed by atoms with E-state index in [1.165, 1.54) is 0 Å². The third-order valence-corrected chi connectivity index (χ3v) is 4.05. The molecule has 1 rings (SSSR count). The summed E-state index contributed by atoms with van der Waals surface area (Å²) < 4.78 is 10.9. The number of likely N-dealkylation sites (N-methyl/N-ethyl adjacent to an activating group) is 1. The van der Waals surface area contributed by atoms with Gasteiger partial charge in [-0.05, 0) is 39.4 Å². The van der Waals surface area contributed by atoms with Gasteiger partial charge in [0.1, 0.15) is 0 Å². The van der Waals surface area contributed by atoms with Gasteiger partial charge in [0.25, 0.3) is 0 Å². The third-order valence-electron chi connectivity index (χ3n) is 4.05. The van der Waals surface area contributed by atoms with Crippen molar-refractivity contribution in [1.82, 2.24) is 10.2 Å². The van der Waals surface area contributed by atoms with E-state index in [9.17, 15) is 0 Å². The van der Waals surface area contributed by atoms with Crippen LogP contribution in [0.25, 0.3) is 0 Å². The Labute approximate surface area is 169 Å². The zero-order valence-electron chi connectivity index (χ0n) is 16.3. The molecule has 25 heavy (non-hydrogen) atoms. The number of nitrogens with one attached hydrogen (secondary N) is 2. The highest BCUT2D eigenvalue weighted by molar-refractivity contribution is 14.0. The zero-order chi connectivity index (χ0) is 17.9. The lowest BCUT2D eigenvalue weighted by Gasteiger charge is -2.24. The summed E-state index contributed by atoms with van der Waals surface area (Å²) in [6, 6.07) is 6.33. The number of benzene rings is 1. The van der Waals surface area contributed by atoms with Crippen LogP contribution >= 0.6 is 24.0 Å². The van der Waals surface area contributed by atoms with Gasteiger partial charge >= 0.3 is 0 Å². The van der Waals surface area contributed by atoms with Gasteiger partial charge in [0.05, 0.1) is 13.7 Å². The second kappa shape index (κ2) is 13.0. The molecular weight excluding hydrogens is 431 g/mol. The van der Waals surface area contributed by atoms with Gasteiger partial charge < -0.3 is 25.0 Å². The predicted octanol–water partition coefficient (Wildman–Crippen LogP) is 3.43. The Kier molecular flexibility index (Phi) is 12.4. The second-order valence-corrected chi connectivity index (χ2v) is 5.66. The molecule has 0 radical (unpaired) electrons. The standard InChI is InChI=1S/C18H32N4O2.HI/c1-7-14(3)22(5)12-11-20-18(19-4)21-15-9-10-16(24-8-2)17(13-15)23-6;/h9-10,13-14H,7-8,11-12H2,1-6H3,(H2,19,20,21);1H. The Balaban J connectivity index is 0.00000576. The SMILES string of the molecule is CCOc1ccc(NC(=NC)NCCN(C)C(C)CC)cc1OC.I. The molecule has 0 fully saturated rings. The van der Waals surface area contributed by atoms with Crippen LogP contribution in [0.2, 0.25) is 0 Å². The normalized spacial score (nSPS) is 12.4. The number of ether oxygens (including phenoxy) is 2. The van der Waals surface area contributed by atoms with E-state index in [0.29, 0.717) is 18.4 Å². The molecule has 0 saturated carbocycles. The first-order valence-electron chi connectivity index (χ1n) is 8.54. The number of nitrogens with zero attached hydrogens (tertiary/aromatic N) is 2. The van der Waals surface area contributed by atoms with E-state index in [1.807, 2.05) is 25.1 Å². The smallest absolute Gasteiger partial charge is 0.195 e. The number of hydrogen-bond acceptors (Lipinski definition) is 4. The highest BCUT2D eigenvalue weighted by atomic mass is 127. The van der Waals surface area contributed by atoms with Gasteiger partial charge in [-0.25, -0.2) is 0 Å². The first kappa shape index (κ1) is 23.8. The zero-order valence-corrected chi connectivity index (χ0v) is 18.6. The number of anilines is 1. The Morgan fingerprint density at radius 3 is 2.56 bits per heavy atom. The molecule has 0 amide bonds. The van der Waals surface area contributed by atoms with E-state index in [-0.39, 0.29) is 24.0 Å². The van der Waals surface area contributed by atoms with E-state index in [4.69, 9.17) is 9.47 Å². The largest absolute Gasteiger partial charge is 0.493 e. The second-order valence-electron chi connectivity index (χ2n) is 5.66. The number of rotatable bonds is 9. The lowest BCUT2D eigenvalue weighted by Crippen LogP contribution is -2.39. The van der Waals surface area contributed by atoms with Crippen LogP contribution in [0.1, 0.15) is 27.2 Å². The molecule has 1 atom stereocenters. The van der Waals surface area contributed by atoms with Gasteiger partial charge in [0.2, 0.25) is 0 Å². The van der Waals surface area contributed by atoms with Crippen molar-refractivity contribution in [2.24, 2.45) is 4.99 Å². The Bertz CT molecular complexity index is 526. The molecule has 144 valence electrons. The topological polar surface area (TPSA) is 58.1 Å². The number of halogens is 1. The molecule has 0 aromatic heterocycles. The summed E-state index contributed by atoms with van der Waals surface area (Å²) >= 11 is 0. The maximum atomic E-state index is 5.53. The van der Waals surface area contributed by atoms with Crippen LogP contribution in [0.5, 0.6) is 11.5 Å². The van der Waals surface area contributed by atoms with E-state index in [0.717, 1.165) is 36.9 Å². The molecule has 1 unspecified atom stereocenters. The Morgan fingerprint density at radius 2 is 2.00 bits per heavy atom. The molecule has 0 aliphatic rings. The molecule has 0 aliphatic carbocycles. The number of methoxy groups -OCH3 is 1. The lowest BCUT2D eigenvalue weighted by atomic mass is 10.2. The van der Waals surface area contributed by atoms with Crippen molar-refractivity contribution >= 4 is 35.6 Å². The van der Waals surface area contributed by atoms with Crippen molar-refractivity contribution in [3.63, 3.8) is 0 Å². The van der Waals surface area contributed by atoms with Gasteiger partial charge in [-0.1, -0.05) is 6.92 Å². The van der Waals surface area contributed by atoms with Crippen LogP contribution in [-0.4, -0.2) is 57.8 Å². The molecule has 7 heteroatoms. The minimum Gasteiger partial charge on any atom is -0.493 e. The molecule has 0 aliphatic heterocycles. The first-order chi connectivity index (χ1) is 11.5. The summed E-state index contributed by atoms with van der Waals surface area (Å²) in [7, 11) is 5.54. The molecular formula is C18H33IN4O2. The highest BCUT2D eigenvalue weighted by Crippen LogP contribution is 2.30.